The number of aliphatic hydroxyl groups excluding tert-OH is 1. The van der Waals surface area contributed by atoms with Crippen molar-refractivity contribution < 1.29 is 13.7 Å². The maximum Gasteiger partial charge on any atom is 0.129 e. The highest BCUT2D eigenvalue weighted by atomic mass is 32.2. The Balaban J connectivity index is 1.86. The monoisotopic (exact) mass is 307 g/mol. The van der Waals surface area contributed by atoms with E-state index in [-0.39, 0.29) is 6.54 Å². The van der Waals surface area contributed by atoms with E-state index in [9.17, 15) is 13.7 Å². The van der Waals surface area contributed by atoms with E-state index < -0.39 is 22.7 Å². The molecule has 0 amide bonds. The average Bonchev–Trinajstić information content (AvgIpc) is 2.48. The van der Waals surface area contributed by atoms with Gasteiger partial charge in [-0.2, -0.15) is 0 Å². The molecule has 2 N–H and O–H groups in total. The Labute approximate surface area is 126 Å². The van der Waals surface area contributed by atoms with Crippen LogP contribution in [0.15, 0.2) is 53.4 Å². The summed E-state index contributed by atoms with van der Waals surface area (Å²) in [6, 6.07) is 13.6. The van der Waals surface area contributed by atoms with Gasteiger partial charge in [-0.1, -0.05) is 30.3 Å². The van der Waals surface area contributed by atoms with Crippen LogP contribution in [-0.4, -0.2) is 22.1 Å². The average molecular weight is 307 g/mol. The lowest BCUT2D eigenvalue weighted by molar-refractivity contribution is 0.169. The SMILES string of the molecule is CS(=O)c1ccc(CNCC(O)c2ccccc2F)cc1. The van der Waals surface area contributed by atoms with E-state index in [1.165, 1.54) is 6.07 Å². The van der Waals surface area contributed by atoms with Crippen molar-refractivity contribution in [1.82, 2.24) is 5.32 Å². The molecule has 0 spiro atoms. The molecule has 0 aliphatic heterocycles. The summed E-state index contributed by atoms with van der Waals surface area (Å²) in [6.45, 7) is 0.824. The van der Waals surface area contributed by atoms with Gasteiger partial charge in [0, 0.05) is 40.6 Å². The molecule has 0 aliphatic carbocycles. The molecule has 21 heavy (non-hydrogen) atoms. The Morgan fingerprint density at radius 3 is 2.48 bits per heavy atom. The topological polar surface area (TPSA) is 49.3 Å². The Hall–Kier alpha value is -1.56. The number of hydrogen-bond acceptors (Lipinski definition) is 3. The second kappa shape index (κ2) is 7.45. The molecule has 2 atom stereocenters. The summed E-state index contributed by atoms with van der Waals surface area (Å²) < 4.78 is 24.8. The van der Waals surface area contributed by atoms with Gasteiger partial charge in [-0.25, -0.2) is 4.39 Å². The molecule has 2 rings (SSSR count). The van der Waals surface area contributed by atoms with E-state index >= 15 is 0 Å². The first-order chi connectivity index (χ1) is 10.1. The van der Waals surface area contributed by atoms with Gasteiger partial charge in [0.2, 0.25) is 0 Å². The van der Waals surface area contributed by atoms with E-state index in [0.29, 0.717) is 12.1 Å². The summed E-state index contributed by atoms with van der Waals surface area (Å²) >= 11 is 0. The third-order valence-corrected chi connectivity index (χ3v) is 4.12. The molecule has 2 aromatic carbocycles. The quantitative estimate of drug-likeness (QED) is 0.861. The van der Waals surface area contributed by atoms with E-state index in [0.717, 1.165) is 10.5 Å². The minimum atomic E-state index is -0.980. The molecular formula is C16H18FNO2S. The fraction of sp³-hybridized carbons (Fsp3) is 0.250. The Bertz CT molecular complexity index is 616. The van der Waals surface area contributed by atoms with Crippen LogP contribution in [0.4, 0.5) is 4.39 Å². The molecule has 0 radical (unpaired) electrons. The number of halogens is 1. The van der Waals surface area contributed by atoms with Gasteiger partial charge in [-0.15, -0.1) is 0 Å². The highest BCUT2D eigenvalue weighted by molar-refractivity contribution is 7.84. The van der Waals surface area contributed by atoms with Crippen LogP contribution in [0, 0.1) is 5.82 Å². The third kappa shape index (κ3) is 4.46. The number of hydrogen-bond donors (Lipinski definition) is 2. The molecule has 112 valence electrons. The van der Waals surface area contributed by atoms with Crippen molar-refractivity contribution in [3.63, 3.8) is 0 Å². The zero-order valence-electron chi connectivity index (χ0n) is 11.8. The predicted octanol–water partition coefficient (Wildman–Crippen LogP) is 2.39. The largest absolute Gasteiger partial charge is 0.387 e. The first-order valence-electron chi connectivity index (χ1n) is 6.63. The van der Waals surface area contributed by atoms with Crippen LogP contribution in [0.25, 0.3) is 0 Å². The number of aliphatic hydroxyl groups is 1. The van der Waals surface area contributed by atoms with Crippen LogP contribution < -0.4 is 5.32 Å². The Kier molecular flexibility index (Phi) is 5.61. The van der Waals surface area contributed by atoms with Gasteiger partial charge >= 0.3 is 0 Å². The lowest BCUT2D eigenvalue weighted by Crippen LogP contribution is -2.21. The number of nitrogens with one attached hydrogen (secondary N) is 1. The van der Waals surface area contributed by atoms with Crippen molar-refractivity contribution in [3.05, 3.63) is 65.5 Å². The molecule has 0 saturated carbocycles. The van der Waals surface area contributed by atoms with E-state index in [1.54, 1.807) is 24.5 Å². The zero-order valence-corrected chi connectivity index (χ0v) is 12.6. The minimum absolute atomic E-state index is 0.266. The molecule has 0 aliphatic rings. The van der Waals surface area contributed by atoms with Gasteiger partial charge in [0.05, 0.1) is 6.10 Å². The summed E-state index contributed by atoms with van der Waals surface area (Å²) in [5.74, 6) is -0.401. The van der Waals surface area contributed by atoms with Crippen molar-refractivity contribution in [2.75, 3.05) is 12.8 Å². The molecular weight excluding hydrogens is 289 g/mol. The third-order valence-electron chi connectivity index (χ3n) is 3.19. The predicted molar refractivity (Wildman–Crippen MR) is 81.8 cm³/mol. The minimum Gasteiger partial charge on any atom is -0.387 e. The highest BCUT2D eigenvalue weighted by Crippen LogP contribution is 2.16. The van der Waals surface area contributed by atoms with Crippen molar-refractivity contribution in [1.29, 1.82) is 0 Å². The Morgan fingerprint density at radius 2 is 1.86 bits per heavy atom. The van der Waals surface area contributed by atoms with Gasteiger partial charge in [-0.05, 0) is 23.8 Å². The van der Waals surface area contributed by atoms with Gasteiger partial charge in [-0.3, -0.25) is 4.21 Å². The van der Waals surface area contributed by atoms with E-state index in [2.05, 4.69) is 5.32 Å². The van der Waals surface area contributed by atoms with Crippen LogP contribution in [0.1, 0.15) is 17.2 Å². The van der Waals surface area contributed by atoms with Crippen LogP contribution in [0.3, 0.4) is 0 Å². The highest BCUT2D eigenvalue weighted by Gasteiger charge is 2.11. The molecule has 2 unspecified atom stereocenters. The van der Waals surface area contributed by atoms with E-state index in [4.69, 9.17) is 0 Å². The second-order valence-corrected chi connectivity index (χ2v) is 6.15. The fourth-order valence-corrected chi connectivity index (χ4v) is 2.53. The molecule has 0 saturated heterocycles. The molecule has 0 bridgehead atoms. The van der Waals surface area contributed by atoms with Gasteiger partial charge in [0.25, 0.3) is 0 Å². The maximum atomic E-state index is 13.5. The Morgan fingerprint density at radius 1 is 1.19 bits per heavy atom. The molecule has 0 aromatic heterocycles. The molecule has 0 heterocycles. The first-order valence-corrected chi connectivity index (χ1v) is 8.19. The smallest absolute Gasteiger partial charge is 0.129 e. The first kappa shape index (κ1) is 15.8. The maximum absolute atomic E-state index is 13.5. The van der Waals surface area contributed by atoms with Crippen molar-refractivity contribution in [2.45, 2.75) is 17.5 Å². The van der Waals surface area contributed by atoms with Crippen molar-refractivity contribution in [3.8, 4) is 0 Å². The summed E-state index contributed by atoms with van der Waals surface area (Å²) in [7, 11) is -0.980. The van der Waals surface area contributed by atoms with Crippen LogP contribution in [-0.2, 0) is 17.3 Å². The lowest BCUT2D eigenvalue weighted by atomic mass is 10.1. The summed E-state index contributed by atoms with van der Waals surface area (Å²) in [4.78, 5) is 0.783. The molecule has 0 fully saturated rings. The standard InChI is InChI=1S/C16H18FNO2S/c1-21(20)13-8-6-12(7-9-13)10-18-11-16(19)14-4-2-3-5-15(14)17/h2-9,16,18-19H,10-11H2,1H3. The van der Waals surface area contributed by atoms with Crippen LogP contribution in [0.5, 0.6) is 0 Å². The fourth-order valence-electron chi connectivity index (χ4n) is 2.01. The van der Waals surface area contributed by atoms with Crippen molar-refractivity contribution >= 4 is 10.8 Å². The van der Waals surface area contributed by atoms with Gasteiger partial charge in [0.15, 0.2) is 0 Å². The van der Waals surface area contributed by atoms with Crippen molar-refractivity contribution in [2.24, 2.45) is 0 Å². The second-order valence-electron chi connectivity index (χ2n) is 4.77. The summed E-state index contributed by atoms with van der Waals surface area (Å²) in [5.41, 5.74) is 1.31. The zero-order chi connectivity index (χ0) is 15.2. The van der Waals surface area contributed by atoms with Crippen LogP contribution >= 0.6 is 0 Å². The summed E-state index contributed by atoms with van der Waals surface area (Å²) in [6.07, 6.45) is 0.756. The van der Waals surface area contributed by atoms with Gasteiger partial charge in [0.1, 0.15) is 5.82 Å². The molecule has 5 heteroatoms. The molecule has 2 aromatic rings. The molecule has 3 nitrogen and oxygen atoms in total. The summed E-state index contributed by atoms with van der Waals surface area (Å²) in [5, 5.41) is 13.0. The number of benzene rings is 2. The van der Waals surface area contributed by atoms with E-state index in [1.807, 2.05) is 24.3 Å². The lowest BCUT2D eigenvalue weighted by Gasteiger charge is -2.13. The number of rotatable bonds is 6. The van der Waals surface area contributed by atoms with Crippen LogP contribution in [0.2, 0.25) is 0 Å². The van der Waals surface area contributed by atoms with Gasteiger partial charge < -0.3 is 10.4 Å². The normalized spacial score (nSPS) is 13.9.